The number of benzene rings is 1. The molecule has 0 unspecified atom stereocenters. The van der Waals surface area contributed by atoms with Crippen LogP contribution in [0.25, 0.3) is 0 Å². The molecular formula is C12H18N2O. The van der Waals surface area contributed by atoms with Crippen molar-refractivity contribution in [3.63, 3.8) is 0 Å². The fraction of sp³-hybridized carbons (Fsp3) is 0.500. The molecule has 4 N–H and O–H groups in total. The smallest absolute Gasteiger partial charge is 0.0576 e. The molecule has 2 atom stereocenters. The Hall–Kier alpha value is -1.22. The van der Waals surface area contributed by atoms with Crippen LogP contribution in [0.1, 0.15) is 25.7 Å². The van der Waals surface area contributed by atoms with Crippen molar-refractivity contribution in [2.24, 2.45) is 0 Å². The Morgan fingerprint density at radius 1 is 1.27 bits per heavy atom. The lowest BCUT2D eigenvalue weighted by atomic mass is 9.93. The molecule has 0 saturated heterocycles. The van der Waals surface area contributed by atoms with Gasteiger partial charge in [-0.3, -0.25) is 0 Å². The number of nitrogens with two attached hydrogens (primary N) is 1. The molecule has 15 heavy (non-hydrogen) atoms. The van der Waals surface area contributed by atoms with Crippen LogP contribution in [0.3, 0.4) is 0 Å². The Balaban J connectivity index is 1.99. The molecule has 0 amide bonds. The van der Waals surface area contributed by atoms with E-state index in [4.69, 9.17) is 5.73 Å². The quantitative estimate of drug-likeness (QED) is 0.648. The number of nitrogen functional groups attached to an aromatic ring is 1. The summed E-state index contributed by atoms with van der Waals surface area (Å²) in [6.07, 6.45) is 3.81. The van der Waals surface area contributed by atoms with Gasteiger partial charge in [-0.2, -0.15) is 0 Å². The molecule has 1 saturated carbocycles. The van der Waals surface area contributed by atoms with Gasteiger partial charge in [-0.15, -0.1) is 0 Å². The summed E-state index contributed by atoms with van der Waals surface area (Å²) in [5.74, 6) is 0. The minimum absolute atomic E-state index is 0.152. The zero-order valence-corrected chi connectivity index (χ0v) is 8.82. The Morgan fingerprint density at radius 3 is 2.80 bits per heavy atom. The van der Waals surface area contributed by atoms with Gasteiger partial charge in [-0.05, 0) is 37.8 Å². The SMILES string of the molecule is Nc1ccccc1N[C@H]1CCC[C@@H](O)C1. The second kappa shape index (κ2) is 4.53. The van der Waals surface area contributed by atoms with Crippen molar-refractivity contribution >= 4 is 11.4 Å². The number of anilines is 2. The maximum absolute atomic E-state index is 9.56. The van der Waals surface area contributed by atoms with E-state index in [2.05, 4.69) is 5.32 Å². The van der Waals surface area contributed by atoms with E-state index in [9.17, 15) is 5.11 Å². The third kappa shape index (κ3) is 2.63. The largest absolute Gasteiger partial charge is 0.397 e. The molecule has 2 rings (SSSR count). The van der Waals surface area contributed by atoms with Crippen LogP contribution in [0.15, 0.2) is 24.3 Å². The fourth-order valence-corrected chi connectivity index (χ4v) is 2.14. The second-order valence-corrected chi connectivity index (χ2v) is 4.25. The van der Waals surface area contributed by atoms with Gasteiger partial charge in [0, 0.05) is 6.04 Å². The summed E-state index contributed by atoms with van der Waals surface area (Å²) >= 11 is 0. The molecule has 1 aliphatic carbocycles. The molecule has 1 aromatic rings. The molecule has 1 aliphatic rings. The highest BCUT2D eigenvalue weighted by Crippen LogP contribution is 2.24. The third-order valence-corrected chi connectivity index (χ3v) is 2.97. The van der Waals surface area contributed by atoms with E-state index >= 15 is 0 Å². The van der Waals surface area contributed by atoms with Crippen molar-refractivity contribution in [1.29, 1.82) is 0 Å². The Bertz CT molecular complexity index is 327. The average Bonchev–Trinajstić information content (AvgIpc) is 2.22. The molecule has 1 fully saturated rings. The lowest BCUT2D eigenvalue weighted by Crippen LogP contribution is -2.30. The number of aliphatic hydroxyl groups is 1. The summed E-state index contributed by atoms with van der Waals surface area (Å²) < 4.78 is 0. The van der Waals surface area contributed by atoms with Gasteiger partial charge in [-0.1, -0.05) is 12.1 Å². The summed E-state index contributed by atoms with van der Waals surface area (Å²) in [4.78, 5) is 0. The zero-order chi connectivity index (χ0) is 10.7. The lowest BCUT2D eigenvalue weighted by molar-refractivity contribution is 0.124. The first-order valence-electron chi connectivity index (χ1n) is 5.55. The van der Waals surface area contributed by atoms with Crippen molar-refractivity contribution in [2.75, 3.05) is 11.1 Å². The van der Waals surface area contributed by atoms with E-state index in [0.717, 1.165) is 37.1 Å². The molecule has 82 valence electrons. The van der Waals surface area contributed by atoms with Gasteiger partial charge in [0.15, 0.2) is 0 Å². The number of rotatable bonds is 2. The van der Waals surface area contributed by atoms with E-state index in [0.29, 0.717) is 6.04 Å². The first-order valence-corrected chi connectivity index (χ1v) is 5.55. The third-order valence-electron chi connectivity index (χ3n) is 2.97. The highest BCUT2D eigenvalue weighted by Gasteiger charge is 2.20. The average molecular weight is 206 g/mol. The number of hydrogen-bond donors (Lipinski definition) is 3. The van der Waals surface area contributed by atoms with Crippen molar-refractivity contribution in [1.82, 2.24) is 0 Å². The molecule has 0 radical (unpaired) electrons. The van der Waals surface area contributed by atoms with Crippen molar-refractivity contribution < 1.29 is 5.11 Å². The van der Waals surface area contributed by atoms with Crippen LogP contribution in [0, 0.1) is 0 Å². The van der Waals surface area contributed by atoms with Gasteiger partial charge in [-0.25, -0.2) is 0 Å². The second-order valence-electron chi connectivity index (χ2n) is 4.25. The highest BCUT2D eigenvalue weighted by molar-refractivity contribution is 5.65. The molecule has 0 bridgehead atoms. The van der Waals surface area contributed by atoms with Crippen LogP contribution >= 0.6 is 0 Å². The van der Waals surface area contributed by atoms with E-state index < -0.39 is 0 Å². The minimum atomic E-state index is -0.152. The van der Waals surface area contributed by atoms with Gasteiger partial charge < -0.3 is 16.2 Å². The van der Waals surface area contributed by atoms with E-state index in [1.807, 2.05) is 24.3 Å². The van der Waals surface area contributed by atoms with Crippen LogP contribution in [0.2, 0.25) is 0 Å². The topological polar surface area (TPSA) is 58.3 Å². The molecule has 1 aromatic carbocycles. The summed E-state index contributed by atoms with van der Waals surface area (Å²) in [6, 6.07) is 8.13. The van der Waals surface area contributed by atoms with Gasteiger partial charge in [0.25, 0.3) is 0 Å². The predicted octanol–water partition coefficient (Wildman–Crippen LogP) is 1.98. The predicted molar refractivity (Wildman–Crippen MR) is 62.7 cm³/mol. The summed E-state index contributed by atoms with van der Waals surface area (Å²) in [6.45, 7) is 0. The maximum atomic E-state index is 9.56. The van der Waals surface area contributed by atoms with Crippen molar-refractivity contribution in [2.45, 2.75) is 37.8 Å². The molecule has 0 aromatic heterocycles. The van der Waals surface area contributed by atoms with Gasteiger partial charge in [0.05, 0.1) is 17.5 Å². The maximum Gasteiger partial charge on any atom is 0.0576 e. The molecule has 3 heteroatoms. The molecule has 3 nitrogen and oxygen atoms in total. The Labute approximate surface area is 90.3 Å². The first kappa shape index (κ1) is 10.3. The zero-order valence-electron chi connectivity index (χ0n) is 8.82. The first-order chi connectivity index (χ1) is 7.25. The normalized spacial score (nSPS) is 26.2. The number of nitrogens with one attached hydrogen (secondary N) is 1. The number of para-hydroxylation sites is 2. The van der Waals surface area contributed by atoms with Crippen LogP contribution in [-0.2, 0) is 0 Å². The standard InChI is InChI=1S/C12H18N2O/c13-11-6-1-2-7-12(11)14-9-4-3-5-10(15)8-9/h1-2,6-7,9-10,14-15H,3-5,8,13H2/t9-,10+/m0/s1. The van der Waals surface area contributed by atoms with E-state index in [1.54, 1.807) is 0 Å². The number of aliphatic hydroxyl groups excluding tert-OH is 1. The van der Waals surface area contributed by atoms with Gasteiger partial charge in [0.1, 0.15) is 0 Å². The Morgan fingerprint density at radius 2 is 2.07 bits per heavy atom. The fourth-order valence-electron chi connectivity index (χ4n) is 2.14. The minimum Gasteiger partial charge on any atom is -0.397 e. The van der Waals surface area contributed by atoms with Gasteiger partial charge >= 0.3 is 0 Å². The van der Waals surface area contributed by atoms with E-state index in [-0.39, 0.29) is 6.10 Å². The van der Waals surface area contributed by atoms with Crippen molar-refractivity contribution in [3.05, 3.63) is 24.3 Å². The molecule has 0 spiro atoms. The van der Waals surface area contributed by atoms with E-state index in [1.165, 1.54) is 0 Å². The van der Waals surface area contributed by atoms with Crippen LogP contribution in [0.5, 0.6) is 0 Å². The summed E-state index contributed by atoms with van der Waals surface area (Å²) in [7, 11) is 0. The molecule has 0 aliphatic heterocycles. The van der Waals surface area contributed by atoms with Crippen LogP contribution in [0.4, 0.5) is 11.4 Å². The van der Waals surface area contributed by atoms with Crippen molar-refractivity contribution in [3.8, 4) is 0 Å². The van der Waals surface area contributed by atoms with Gasteiger partial charge in [0.2, 0.25) is 0 Å². The number of hydrogen-bond acceptors (Lipinski definition) is 3. The van der Waals surface area contributed by atoms with Crippen LogP contribution < -0.4 is 11.1 Å². The van der Waals surface area contributed by atoms with Crippen LogP contribution in [-0.4, -0.2) is 17.3 Å². The lowest BCUT2D eigenvalue weighted by Gasteiger charge is -2.27. The summed E-state index contributed by atoms with van der Waals surface area (Å²) in [5.41, 5.74) is 7.61. The summed E-state index contributed by atoms with van der Waals surface area (Å²) in [5, 5.41) is 13.0. The monoisotopic (exact) mass is 206 g/mol. The molecular weight excluding hydrogens is 188 g/mol. The highest BCUT2D eigenvalue weighted by atomic mass is 16.3. The molecule has 0 heterocycles. The Kier molecular flexibility index (Phi) is 3.11.